The number of carbonyl (C=O) groups is 1. The minimum absolute atomic E-state index is 0.360. The molecule has 0 aliphatic carbocycles. The van der Waals surface area contributed by atoms with Gasteiger partial charge in [0.15, 0.2) is 0 Å². The predicted octanol–water partition coefficient (Wildman–Crippen LogP) is 4.20. The van der Waals surface area contributed by atoms with Crippen molar-refractivity contribution in [2.45, 2.75) is 26.2 Å². The van der Waals surface area contributed by atoms with Gasteiger partial charge in [0.1, 0.15) is 11.3 Å². The standard InChI is InChI=1S/C17H20O3/c1-3-4-7-10-20-16-12-14-9-6-5-8-13(14)11-15(16)17(18)19-2/h5-6,8-9,11-12H,3-4,7,10H2,1-2H3. The van der Waals surface area contributed by atoms with Gasteiger partial charge in [-0.1, -0.05) is 44.0 Å². The van der Waals surface area contributed by atoms with Gasteiger partial charge in [-0.3, -0.25) is 0 Å². The van der Waals surface area contributed by atoms with Gasteiger partial charge < -0.3 is 9.47 Å². The van der Waals surface area contributed by atoms with Crippen LogP contribution < -0.4 is 4.74 Å². The van der Waals surface area contributed by atoms with E-state index in [1.807, 2.05) is 36.4 Å². The zero-order chi connectivity index (χ0) is 14.4. The zero-order valence-electron chi connectivity index (χ0n) is 12.0. The van der Waals surface area contributed by atoms with E-state index in [2.05, 4.69) is 6.92 Å². The Hall–Kier alpha value is -2.03. The maximum atomic E-state index is 11.9. The highest BCUT2D eigenvalue weighted by molar-refractivity contribution is 5.98. The molecule has 0 aliphatic rings. The van der Waals surface area contributed by atoms with Gasteiger partial charge in [0, 0.05) is 0 Å². The predicted molar refractivity (Wildman–Crippen MR) is 80.3 cm³/mol. The molecule has 0 spiro atoms. The lowest BCUT2D eigenvalue weighted by molar-refractivity contribution is 0.0596. The Morgan fingerprint density at radius 2 is 1.80 bits per heavy atom. The Bertz CT molecular complexity index is 590. The third-order valence-electron chi connectivity index (χ3n) is 3.26. The van der Waals surface area contributed by atoms with Gasteiger partial charge >= 0.3 is 5.97 Å². The normalized spacial score (nSPS) is 10.5. The van der Waals surface area contributed by atoms with Gasteiger partial charge in [0.2, 0.25) is 0 Å². The van der Waals surface area contributed by atoms with Crippen molar-refractivity contribution in [3.8, 4) is 5.75 Å². The van der Waals surface area contributed by atoms with E-state index < -0.39 is 0 Å². The molecule has 0 saturated carbocycles. The molecule has 20 heavy (non-hydrogen) atoms. The van der Waals surface area contributed by atoms with E-state index in [0.717, 1.165) is 30.0 Å². The summed E-state index contributed by atoms with van der Waals surface area (Å²) in [7, 11) is 1.39. The highest BCUT2D eigenvalue weighted by Crippen LogP contribution is 2.27. The van der Waals surface area contributed by atoms with Crippen LogP contribution in [0.4, 0.5) is 0 Å². The molecule has 0 aliphatic heterocycles. The summed E-state index contributed by atoms with van der Waals surface area (Å²) in [6.07, 6.45) is 3.26. The maximum Gasteiger partial charge on any atom is 0.341 e. The fourth-order valence-electron chi connectivity index (χ4n) is 2.14. The van der Waals surface area contributed by atoms with E-state index in [4.69, 9.17) is 9.47 Å². The zero-order valence-corrected chi connectivity index (χ0v) is 12.0. The fourth-order valence-corrected chi connectivity index (χ4v) is 2.14. The molecular formula is C17H20O3. The summed E-state index contributed by atoms with van der Waals surface area (Å²) < 4.78 is 10.6. The first-order chi connectivity index (χ1) is 9.76. The highest BCUT2D eigenvalue weighted by Gasteiger charge is 2.14. The lowest BCUT2D eigenvalue weighted by Crippen LogP contribution is -2.07. The van der Waals surface area contributed by atoms with Crippen molar-refractivity contribution in [1.82, 2.24) is 0 Å². The number of carbonyl (C=O) groups excluding carboxylic acids is 1. The monoisotopic (exact) mass is 272 g/mol. The van der Waals surface area contributed by atoms with Crippen LogP contribution in [0.3, 0.4) is 0 Å². The molecule has 0 atom stereocenters. The lowest BCUT2D eigenvalue weighted by Gasteiger charge is -2.11. The Morgan fingerprint density at radius 1 is 1.10 bits per heavy atom. The second-order valence-corrected chi connectivity index (χ2v) is 4.74. The minimum atomic E-state index is -0.360. The SMILES string of the molecule is CCCCCOc1cc2ccccc2cc1C(=O)OC. The van der Waals surface area contributed by atoms with Crippen LogP contribution in [-0.2, 0) is 4.74 Å². The number of rotatable bonds is 6. The number of benzene rings is 2. The number of esters is 1. The second kappa shape index (κ2) is 6.94. The first-order valence-electron chi connectivity index (χ1n) is 7.00. The van der Waals surface area contributed by atoms with Crippen LogP contribution >= 0.6 is 0 Å². The summed E-state index contributed by atoms with van der Waals surface area (Å²) in [4.78, 5) is 11.9. The van der Waals surface area contributed by atoms with Gasteiger partial charge in [-0.25, -0.2) is 4.79 Å². The minimum Gasteiger partial charge on any atom is -0.493 e. The van der Waals surface area contributed by atoms with E-state index in [1.165, 1.54) is 7.11 Å². The van der Waals surface area contributed by atoms with Crippen LogP contribution in [0.1, 0.15) is 36.5 Å². The molecule has 0 N–H and O–H groups in total. The van der Waals surface area contributed by atoms with Crippen LogP contribution in [0.25, 0.3) is 10.8 Å². The molecule has 106 valence electrons. The molecule has 0 aromatic heterocycles. The smallest absolute Gasteiger partial charge is 0.341 e. The quantitative estimate of drug-likeness (QED) is 0.584. The average Bonchev–Trinajstić information content (AvgIpc) is 2.50. The lowest BCUT2D eigenvalue weighted by atomic mass is 10.1. The van der Waals surface area contributed by atoms with Gasteiger partial charge in [0.25, 0.3) is 0 Å². The van der Waals surface area contributed by atoms with Gasteiger partial charge in [-0.2, -0.15) is 0 Å². The van der Waals surface area contributed by atoms with E-state index >= 15 is 0 Å². The van der Waals surface area contributed by atoms with Crippen molar-refractivity contribution >= 4 is 16.7 Å². The molecule has 2 aromatic carbocycles. The van der Waals surface area contributed by atoms with Crippen molar-refractivity contribution in [1.29, 1.82) is 0 Å². The molecule has 0 unspecified atom stereocenters. The third kappa shape index (κ3) is 3.29. The summed E-state index contributed by atoms with van der Waals surface area (Å²) in [6.45, 7) is 2.77. The topological polar surface area (TPSA) is 35.5 Å². The van der Waals surface area contributed by atoms with E-state index in [-0.39, 0.29) is 5.97 Å². The molecule has 0 radical (unpaired) electrons. The van der Waals surface area contributed by atoms with Crippen LogP contribution in [0, 0.1) is 0 Å². The van der Waals surface area contributed by atoms with Crippen LogP contribution in [0.15, 0.2) is 36.4 Å². The molecule has 0 heterocycles. The number of ether oxygens (including phenoxy) is 2. The van der Waals surface area contributed by atoms with E-state index in [1.54, 1.807) is 0 Å². The Labute approximate surface area is 119 Å². The largest absolute Gasteiger partial charge is 0.493 e. The van der Waals surface area contributed by atoms with Crippen molar-refractivity contribution < 1.29 is 14.3 Å². The van der Waals surface area contributed by atoms with Crippen LogP contribution in [-0.4, -0.2) is 19.7 Å². The number of hydrogen-bond donors (Lipinski definition) is 0. The molecule has 2 rings (SSSR count). The number of methoxy groups -OCH3 is 1. The van der Waals surface area contributed by atoms with Gasteiger partial charge in [0.05, 0.1) is 13.7 Å². The van der Waals surface area contributed by atoms with Gasteiger partial charge in [-0.15, -0.1) is 0 Å². The van der Waals surface area contributed by atoms with Crippen molar-refractivity contribution in [2.75, 3.05) is 13.7 Å². The molecule has 3 nitrogen and oxygen atoms in total. The molecular weight excluding hydrogens is 252 g/mol. The average molecular weight is 272 g/mol. The van der Waals surface area contributed by atoms with Gasteiger partial charge in [-0.05, 0) is 29.3 Å². The molecule has 0 fully saturated rings. The molecule has 3 heteroatoms. The summed E-state index contributed by atoms with van der Waals surface area (Å²) in [5.74, 6) is 0.243. The molecule has 0 bridgehead atoms. The fraction of sp³-hybridized carbons (Fsp3) is 0.353. The first-order valence-corrected chi connectivity index (χ1v) is 7.00. The Kier molecular flexibility index (Phi) is 4.99. The van der Waals surface area contributed by atoms with Crippen molar-refractivity contribution in [2.24, 2.45) is 0 Å². The van der Waals surface area contributed by atoms with Crippen molar-refractivity contribution in [3.63, 3.8) is 0 Å². The molecule has 2 aromatic rings. The Balaban J connectivity index is 2.30. The molecule has 0 amide bonds. The summed E-state index contributed by atoms with van der Waals surface area (Å²) in [5, 5.41) is 2.07. The van der Waals surface area contributed by atoms with Crippen LogP contribution in [0.5, 0.6) is 5.75 Å². The molecule has 0 saturated heterocycles. The number of hydrogen-bond acceptors (Lipinski definition) is 3. The summed E-state index contributed by atoms with van der Waals surface area (Å²) in [5.41, 5.74) is 0.489. The van der Waals surface area contributed by atoms with Crippen LogP contribution in [0.2, 0.25) is 0 Å². The van der Waals surface area contributed by atoms with Crippen molar-refractivity contribution in [3.05, 3.63) is 42.0 Å². The first kappa shape index (κ1) is 14.4. The van der Waals surface area contributed by atoms with E-state index in [9.17, 15) is 4.79 Å². The van der Waals surface area contributed by atoms with E-state index in [0.29, 0.717) is 17.9 Å². The maximum absolute atomic E-state index is 11.9. The number of unbranched alkanes of at least 4 members (excludes halogenated alkanes) is 2. The number of fused-ring (bicyclic) bond motifs is 1. The highest BCUT2D eigenvalue weighted by atomic mass is 16.5. The Morgan fingerprint density at radius 3 is 2.45 bits per heavy atom. The third-order valence-corrected chi connectivity index (χ3v) is 3.26. The summed E-state index contributed by atoms with van der Waals surface area (Å²) in [6, 6.07) is 11.6. The second-order valence-electron chi connectivity index (χ2n) is 4.74. The summed E-state index contributed by atoms with van der Waals surface area (Å²) >= 11 is 0.